The summed E-state index contributed by atoms with van der Waals surface area (Å²) in [5, 5.41) is 2.75. The molecule has 3 N–H and O–H groups in total. The van der Waals surface area contributed by atoms with E-state index in [9.17, 15) is 9.59 Å². The van der Waals surface area contributed by atoms with Crippen molar-refractivity contribution < 1.29 is 4.79 Å². The Balaban J connectivity index is 1.88. The maximum Gasteiger partial charge on any atom is 0.323 e. The predicted molar refractivity (Wildman–Crippen MR) is 76.2 cm³/mol. The highest BCUT2D eigenvalue weighted by atomic mass is 35.5. The maximum atomic E-state index is 11.9. The van der Waals surface area contributed by atoms with Crippen LogP contribution in [0, 0.1) is 0 Å². The van der Waals surface area contributed by atoms with Gasteiger partial charge in [-0.1, -0.05) is 11.6 Å². The third-order valence-corrected chi connectivity index (χ3v) is 3.80. The van der Waals surface area contributed by atoms with E-state index >= 15 is 0 Å². The Labute approximate surface area is 116 Å². The number of imidazole rings is 1. The molecule has 0 bridgehead atoms. The lowest BCUT2D eigenvalue weighted by molar-refractivity contribution is 0.103. The average Bonchev–Trinajstić information content (AvgIpc) is 2.93. The van der Waals surface area contributed by atoms with Gasteiger partial charge in [0, 0.05) is 5.69 Å². The fourth-order valence-electron chi connectivity index (χ4n) is 1.74. The molecule has 0 unspecified atom stereocenters. The van der Waals surface area contributed by atoms with Crippen molar-refractivity contribution in [3.05, 3.63) is 50.0 Å². The lowest BCUT2D eigenvalue weighted by Crippen LogP contribution is -2.09. The number of halogens is 1. The molecule has 0 aliphatic rings. The van der Waals surface area contributed by atoms with Crippen LogP contribution in [0.4, 0.5) is 5.69 Å². The molecule has 7 heteroatoms. The van der Waals surface area contributed by atoms with Crippen LogP contribution in [-0.4, -0.2) is 15.9 Å². The number of rotatable bonds is 2. The number of nitrogens with one attached hydrogen (secondary N) is 3. The highest BCUT2D eigenvalue weighted by Gasteiger charge is 2.09. The minimum Gasteiger partial charge on any atom is -0.321 e. The second-order valence-corrected chi connectivity index (χ2v) is 5.61. The lowest BCUT2D eigenvalue weighted by atomic mass is 10.2. The quantitative estimate of drug-likeness (QED) is 0.679. The highest BCUT2D eigenvalue weighted by Crippen LogP contribution is 2.23. The van der Waals surface area contributed by atoms with Crippen molar-refractivity contribution in [2.75, 3.05) is 5.32 Å². The molecular weight excluding hydrogens is 286 g/mol. The molecule has 1 aromatic carbocycles. The number of benzene rings is 1. The van der Waals surface area contributed by atoms with Gasteiger partial charge in [0.05, 0.1) is 20.2 Å². The summed E-state index contributed by atoms with van der Waals surface area (Å²) in [6, 6.07) is 8.48. The zero-order chi connectivity index (χ0) is 13.4. The Morgan fingerprint density at radius 2 is 1.95 bits per heavy atom. The van der Waals surface area contributed by atoms with E-state index in [1.54, 1.807) is 30.3 Å². The first-order valence-electron chi connectivity index (χ1n) is 5.40. The molecule has 3 aromatic rings. The van der Waals surface area contributed by atoms with Crippen LogP contribution in [0.15, 0.2) is 35.1 Å². The van der Waals surface area contributed by atoms with Crippen molar-refractivity contribution in [3.8, 4) is 0 Å². The molecule has 19 heavy (non-hydrogen) atoms. The third kappa shape index (κ3) is 2.40. The summed E-state index contributed by atoms with van der Waals surface area (Å²) in [6.07, 6.45) is 0. The molecule has 0 fully saturated rings. The van der Waals surface area contributed by atoms with Crippen molar-refractivity contribution in [2.24, 2.45) is 0 Å². The Bertz CT molecular complexity index is 818. The normalized spacial score (nSPS) is 10.8. The number of H-pyrrole nitrogens is 2. The van der Waals surface area contributed by atoms with Gasteiger partial charge in [-0.3, -0.25) is 4.79 Å². The highest BCUT2D eigenvalue weighted by molar-refractivity contribution is 7.18. The van der Waals surface area contributed by atoms with Gasteiger partial charge >= 0.3 is 5.69 Å². The van der Waals surface area contributed by atoms with Gasteiger partial charge in [-0.05, 0) is 30.3 Å². The van der Waals surface area contributed by atoms with Gasteiger partial charge in [0.15, 0.2) is 0 Å². The fourth-order valence-corrected chi connectivity index (χ4v) is 2.68. The van der Waals surface area contributed by atoms with E-state index in [1.807, 2.05) is 0 Å². The average molecular weight is 294 g/mol. The summed E-state index contributed by atoms with van der Waals surface area (Å²) >= 11 is 7.00. The molecular formula is C12H8ClN3O2S. The molecule has 0 atom stereocenters. The molecule has 0 aliphatic heterocycles. The van der Waals surface area contributed by atoms with Crippen molar-refractivity contribution in [1.29, 1.82) is 0 Å². The number of aromatic nitrogens is 2. The molecule has 5 nitrogen and oxygen atoms in total. The summed E-state index contributed by atoms with van der Waals surface area (Å²) in [7, 11) is 0. The van der Waals surface area contributed by atoms with Gasteiger partial charge in [0.2, 0.25) is 0 Å². The number of thiophene rings is 1. The molecule has 0 saturated carbocycles. The Morgan fingerprint density at radius 3 is 2.68 bits per heavy atom. The van der Waals surface area contributed by atoms with E-state index in [-0.39, 0.29) is 11.6 Å². The lowest BCUT2D eigenvalue weighted by Gasteiger charge is -2.03. The maximum absolute atomic E-state index is 11.9. The minimum atomic E-state index is -0.275. The number of hydrogen-bond donors (Lipinski definition) is 3. The molecule has 3 rings (SSSR count). The van der Waals surface area contributed by atoms with Crippen molar-refractivity contribution in [3.63, 3.8) is 0 Å². The molecule has 0 spiro atoms. The van der Waals surface area contributed by atoms with Crippen LogP contribution in [0.2, 0.25) is 4.34 Å². The van der Waals surface area contributed by atoms with Gasteiger partial charge in [-0.15, -0.1) is 11.3 Å². The van der Waals surface area contributed by atoms with Crippen LogP contribution in [0.25, 0.3) is 11.0 Å². The Morgan fingerprint density at radius 1 is 1.16 bits per heavy atom. The van der Waals surface area contributed by atoms with Gasteiger partial charge in [-0.2, -0.15) is 0 Å². The van der Waals surface area contributed by atoms with E-state index in [4.69, 9.17) is 11.6 Å². The van der Waals surface area contributed by atoms with E-state index in [0.29, 0.717) is 25.9 Å². The van der Waals surface area contributed by atoms with Gasteiger partial charge < -0.3 is 15.3 Å². The fraction of sp³-hybridized carbons (Fsp3) is 0. The van der Waals surface area contributed by atoms with Gasteiger partial charge in [0.25, 0.3) is 5.91 Å². The predicted octanol–water partition coefficient (Wildman–Crippen LogP) is 2.82. The molecule has 2 heterocycles. The summed E-state index contributed by atoms with van der Waals surface area (Å²) in [5.41, 5.74) is 1.68. The summed E-state index contributed by atoms with van der Waals surface area (Å²) in [5.74, 6) is -0.228. The monoisotopic (exact) mass is 293 g/mol. The van der Waals surface area contributed by atoms with Crippen LogP contribution >= 0.6 is 22.9 Å². The minimum absolute atomic E-state index is 0.228. The number of anilines is 1. The van der Waals surface area contributed by atoms with Crippen LogP contribution in [-0.2, 0) is 0 Å². The molecule has 2 aromatic heterocycles. The second-order valence-electron chi connectivity index (χ2n) is 3.90. The van der Waals surface area contributed by atoms with Crippen LogP contribution in [0.5, 0.6) is 0 Å². The first-order valence-corrected chi connectivity index (χ1v) is 6.60. The largest absolute Gasteiger partial charge is 0.323 e. The van der Waals surface area contributed by atoms with E-state index in [1.165, 1.54) is 11.3 Å². The number of hydrogen-bond acceptors (Lipinski definition) is 3. The number of carbonyl (C=O) groups is 1. The molecule has 0 saturated heterocycles. The SMILES string of the molecule is O=C(Nc1ccc2[nH]c(=O)[nH]c2c1)c1ccc(Cl)s1. The van der Waals surface area contributed by atoms with Crippen LogP contribution in [0.1, 0.15) is 9.67 Å². The summed E-state index contributed by atoms with van der Waals surface area (Å²) in [6.45, 7) is 0. The zero-order valence-corrected chi connectivity index (χ0v) is 11.1. The Hall–Kier alpha value is -2.05. The van der Waals surface area contributed by atoms with E-state index in [2.05, 4.69) is 15.3 Å². The molecule has 0 radical (unpaired) electrons. The third-order valence-electron chi connectivity index (χ3n) is 2.57. The number of carbonyl (C=O) groups excluding carboxylic acids is 1. The zero-order valence-electron chi connectivity index (χ0n) is 9.49. The number of amides is 1. The molecule has 1 amide bonds. The summed E-state index contributed by atoms with van der Waals surface area (Å²) in [4.78, 5) is 28.9. The topological polar surface area (TPSA) is 77.8 Å². The van der Waals surface area contributed by atoms with E-state index < -0.39 is 0 Å². The van der Waals surface area contributed by atoms with E-state index in [0.717, 1.165) is 0 Å². The van der Waals surface area contributed by atoms with Crippen molar-refractivity contribution >= 4 is 45.6 Å². The van der Waals surface area contributed by atoms with Crippen LogP contribution < -0.4 is 11.0 Å². The molecule has 0 aliphatic carbocycles. The molecule has 96 valence electrons. The number of aromatic amines is 2. The Kier molecular flexibility index (Phi) is 2.88. The van der Waals surface area contributed by atoms with Gasteiger partial charge in [-0.25, -0.2) is 4.79 Å². The van der Waals surface area contributed by atoms with Gasteiger partial charge in [0.1, 0.15) is 0 Å². The van der Waals surface area contributed by atoms with Crippen molar-refractivity contribution in [2.45, 2.75) is 0 Å². The second kappa shape index (κ2) is 4.56. The summed E-state index contributed by atoms with van der Waals surface area (Å²) < 4.78 is 0.565. The standard InChI is InChI=1S/C12H8ClN3O2S/c13-10-4-3-9(19-10)11(17)14-6-1-2-7-8(5-6)16-12(18)15-7/h1-5H,(H,14,17)(H2,15,16,18). The first kappa shape index (κ1) is 12.0. The van der Waals surface area contributed by atoms with Crippen LogP contribution in [0.3, 0.4) is 0 Å². The smallest absolute Gasteiger partial charge is 0.321 e. The number of fused-ring (bicyclic) bond motifs is 1. The van der Waals surface area contributed by atoms with Crippen molar-refractivity contribution in [1.82, 2.24) is 9.97 Å². The first-order chi connectivity index (χ1) is 9.11.